The summed E-state index contributed by atoms with van der Waals surface area (Å²) in [5, 5.41) is 0.763. The smallest absolute Gasteiger partial charge is 0.233 e. The second-order valence-corrected chi connectivity index (χ2v) is 8.42. The van der Waals surface area contributed by atoms with E-state index in [0.29, 0.717) is 19.6 Å². The summed E-state index contributed by atoms with van der Waals surface area (Å²) in [6, 6.07) is -0.241. The number of ether oxygens (including phenoxy) is 1. The van der Waals surface area contributed by atoms with Crippen molar-refractivity contribution in [3.8, 4) is 0 Å². The number of thioether (sulfide) groups is 1. The van der Waals surface area contributed by atoms with Crippen molar-refractivity contribution in [2.24, 2.45) is 7.05 Å². The highest BCUT2D eigenvalue weighted by Crippen LogP contribution is 2.20. The lowest BCUT2D eigenvalue weighted by molar-refractivity contribution is -0.130. The predicted molar refractivity (Wildman–Crippen MR) is 84.6 cm³/mol. The van der Waals surface area contributed by atoms with Gasteiger partial charge >= 0.3 is 0 Å². The Morgan fingerprint density at radius 3 is 2.91 bits per heavy atom. The van der Waals surface area contributed by atoms with Crippen LogP contribution in [0.2, 0.25) is 0 Å². The van der Waals surface area contributed by atoms with E-state index in [0.717, 1.165) is 5.16 Å². The molecule has 0 unspecified atom stereocenters. The molecule has 2 heterocycles. The molecule has 7 nitrogen and oxygen atoms in total. The minimum Gasteiger partial charge on any atom is -0.383 e. The average Bonchev–Trinajstić information content (AvgIpc) is 3.03. The summed E-state index contributed by atoms with van der Waals surface area (Å²) in [7, 11) is 0.411. The third kappa shape index (κ3) is 4.47. The first-order valence-corrected chi connectivity index (χ1v) is 9.82. The minimum atomic E-state index is -3.02. The van der Waals surface area contributed by atoms with Crippen molar-refractivity contribution < 1.29 is 17.9 Å². The van der Waals surface area contributed by atoms with E-state index in [-0.39, 0.29) is 29.2 Å². The van der Waals surface area contributed by atoms with Crippen LogP contribution in [0.25, 0.3) is 0 Å². The number of nitrogens with zero attached hydrogens (tertiary/aromatic N) is 3. The second-order valence-electron chi connectivity index (χ2n) is 5.25. The molecule has 1 aromatic rings. The van der Waals surface area contributed by atoms with Crippen molar-refractivity contribution in [2.45, 2.75) is 17.6 Å². The second kappa shape index (κ2) is 7.47. The number of hydrogen-bond donors (Lipinski definition) is 0. The molecule has 1 fully saturated rings. The van der Waals surface area contributed by atoms with Gasteiger partial charge in [-0.3, -0.25) is 4.79 Å². The van der Waals surface area contributed by atoms with Gasteiger partial charge < -0.3 is 14.2 Å². The Morgan fingerprint density at radius 1 is 1.59 bits per heavy atom. The molecule has 0 radical (unpaired) electrons. The summed E-state index contributed by atoms with van der Waals surface area (Å²) >= 11 is 1.35. The van der Waals surface area contributed by atoms with Crippen molar-refractivity contribution in [3.63, 3.8) is 0 Å². The molecule has 2 rings (SSSR count). The molecular formula is C13H21N3O4S2. The van der Waals surface area contributed by atoms with Gasteiger partial charge in [-0.15, -0.1) is 0 Å². The number of aromatic nitrogens is 2. The van der Waals surface area contributed by atoms with Crippen molar-refractivity contribution >= 4 is 27.5 Å². The van der Waals surface area contributed by atoms with E-state index in [4.69, 9.17) is 4.74 Å². The van der Waals surface area contributed by atoms with Gasteiger partial charge in [0.15, 0.2) is 15.0 Å². The van der Waals surface area contributed by atoms with Crippen LogP contribution in [-0.2, 0) is 26.4 Å². The van der Waals surface area contributed by atoms with Gasteiger partial charge in [0.05, 0.1) is 23.9 Å². The Morgan fingerprint density at radius 2 is 2.36 bits per heavy atom. The highest BCUT2D eigenvalue weighted by Gasteiger charge is 2.34. The van der Waals surface area contributed by atoms with E-state index in [1.165, 1.54) is 11.8 Å². The number of carbonyl (C=O) groups excluding carboxylic acids is 1. The fraction of sp³-hybridized carbons (Fsp3) is 0.692. The fourth-order valence-corrected chi connectivity index (χ4v) is 4.97. The zero-order valence-corrected chi connectivity index (χ0v) is 14.4. The lowest BCUT2D eigenvalue weighted by Crippen LogP contribution is -2.44. The molecule has 0 saturated carbocycles. The number of imidazole rings is 1. The molecule has 1 aliphatic rings. The standard InChI is InChI=1S/C13H21N3O4S2/c1-15-5-4-14-13(15)21-9-12(17)16(6-7-20-2)11-3-8-22(18,19)10-11/h4-5,11H,3,6-10H2,1-2H3/t11-/m0/s1. The maximum Gasteiger partial charge on any atom is 0.233 e. The van der Waals surface area contributed by atoms with Crippen LogP contribution >= 0.6 is 11.8 Å². The SMILES string of the molecule is COCCN(C(=O)CSc1nccn1C)[C@H]1CCS(=O)(=O)C1. The molecule has 0 spiro atoms. The average molecular weight is 347 g/mol. The van der Waals surface area contributed by atoms with E-state index in [1.54, 1.807) is 18.2 Å². The molecule has 1 aliphatic heterocycles. The molecule has 9 heteroatoms. The molecule has 1 saturated heterocycles. The third-order valence-electron chi connectivity index (χ3n) is 3.61. The summed E-state index contributed by atoms with van der Waals surface area (Å²) in [5.41, 5.74) is 0. The Balaban J connectivity index is 1.98. The number of hydrogen-bond acceptors (Lipinski definition) is 6. The van der Waals surface area contributed by atoms with Gasteiger partial charge in [0, 0.05) is 39.1 Å². The van der Waals surface area contributed by atoms with Crippen LogP contribution in [0.1, 0.15) is 6.42 Å². The van der Waals surface area contributed by atoms with Crippen LogP contribution in [0.5, 0.6) is 0 Å². The van der Waals surface area contributed by atoms with Crippen LogP contribution in [0.4, 0.5) is 0 Å². The van der Waals surface area contributed by atoms with E-state index < -0.39 is 9.84 Å². The highest BCUT2D eigenvalue weighted by atomic mass is 32.2. The minimum absolute atomic E-state index is 0.0511. The van der Waals surface area contributed by atoms with E-state index in [2.05, 4.69) is 4.98 Å². The Bertz CT molecular complexity index is 615. The molecule has 0 N–H and O–H groups in total. The number of methoxy groups -OCH3 is 1. The number of amides is 1. The lowest BCUT2D eigenvalue weighted by atomic mass is 10.2. The van der Waals surface area contributed by atoms with Crippen molar-refractivity contribution in [1.29, 1.82) is 0 Å². The summed E-state index contributed by atoms with van der Waals surface area (Å²) in [6.07, 6.45) is 4.00. The first-order chi connectivity index (χ1) is 10.4. The van der Waals surface area contributed by atoms with Crippen LogP contribution in [-0.4, -0.2) is 72.3 Å². The largest absolute Gasteiger partial charge is 0.383 e. The normalized spacial score (nSPS) is 20.2. The van der Waals surface area contributed by atoms with Gasteiger partial charge in [-0.1, -0.05) is 11.8 Å². The van der Waals surface area contributed by atoms with Gasteiger partial charge in [0.1, 0.15) is 0 Å². The van der Waals surface area contributed by atoms with Crippen molar-refractivity contribution in [3.05, 3.63) is 12.4 Å². The third-order valence-corrected chi connectivity index (χ3v) is 6.40. The first-order valence-electron chi connectivity index (χ1n) is 7.02. The molecule has 0 bridgehead atoms. The topological polar surface area (TPSA) is 81.5 Å². The Labute approximate surface area is 134 Å². The number of sulfone groups is 1. The molecule has 0 aliphatic carbocycles. The maximum atomic E-state index is 12.5. The summed E-state index contributed by atoms with van der Waals surface area (Å²) < 4.78 is 30.2. The van der Waals surface area contributed by atoms with E-state index in [9.17, 15) is 13.2 Å². The summed E-state index contributed by atoms with van der Waals surface area (Å²) in [5.74, 6) is 0.369. The van der Waals surface area contributed by atoms with Gasteiger partial charge in [-0.05, 0) is 6.42 Å². The van der Waals surface area contributed by atoms with Crippen LogP contribution in [0, 0.1) is 0 Å². The summed E-state index contributed by atoms with van der Waals surface area (Å²) in [6.45, 7) is 0.812. The molecule has 1 atom stereocenters. The van der Waals surface area contributed by atoms with Gasteiger partial charge in [0.25, 0.3) is 0 Å². The predicted octanol–water partition coefficient (Wildman–Crippen LogP) is 0.174. The molecule has 1 amide bonds. The maximum absolute atomic E-state index is 12.5. The van der Waals surface area contributed by atoms with Crippen LogP contribution in [0.15, 0.2) is 17.6 Å². The summed E-state index contributed by atoms with van der Waals surface area (Å²) in [4.78, 5) is 18.3. The first kappa shape index (κ1) is 17.3. The molecule has 0 aromatic carbocycles. The van der Waals surface area contributed by atoms with E-state index in [1.807, 2.05) is 17.8 Å². The molecule has 22 heavy (non-hydrogen) atoms. The van der Waals surface area contributed by atoms with E-state index >= 15 is 0 Å². The number of rotatable bonds is 7. The fourth-order valence-electron chi connectivity index (χ4n) is 2.42. The van der Waals surface area contributed by atoms with Crippen LogP contribution < -0.4 is 0 Å². The highest BCUT2D eigenvalue weighted by molar-refractivity contribution is 7.99. The van der Waals surface area contributed by atoms with Crippen molar-refractivity contribution in [1.82, 2.24) is 14.5 Å². The molecule has 124 valence electrons. The quantitative estimate of drug-likeness (QED) is 0.654. The zero-order chi connectivity index (χ0) is 16.2. The number of aryl methyl sites for hydroxylation is 1. The molecular weight excluding hydrogens is 326 g/mol. The van der Waals surface area contributed by atoms with Crippen LogP contribution in [0.3, 0.4) is 0 Å². The number of carbonyl (C=O) groups is 1. The monoisotopic (exact) mass is 347 g/mol. The lowest BCUT2D eigenvalue weighted by Gasteiger charge is -2.28. The zero-order valence-electron chi connectivity index (χ0n) is 12.8. The van der Waals surface area contributed by atoms with Gasteiger partial charge in [-0.25, -0.2) is 13.4 Å². The Kier molecular flexibility index (Phi) is 5.87. The van der Waals surface area contributed by atoms with Gasteiger partial charge in [-0.2, -0.15) is 0 Å². The van der Waals surface area contributed by atoms with Crippen molar-refractivity contribution in [2.75, 3.05) is 37.5 Å². The molecule has 1 aromatic heterocycles. The Hall–Kier alpha value is -1.06. The van der Waals surface area contributed by atoms with Gasteiger partial charge in [0.2, 0.25) is 5.91 Å².